The van der Waals surface area contributed by atoms with Gasteiger partial charge in [-0.3, -0.25) is 24.5 Å². The quantitative estimate of drug-likeness (QED) is 0.198. The van der Waals surface area contributed by atoms with Crippen LogP contribution in [0.15, 0.2) is 60.7 Å². The van der Waals surface area contributed by atoms with Crippen LogP contribution in [0.3, 0.4) is 0 Å². The Labute approximate surface area is 236 Å². The van der Waals surface area contributed by atoms with Gasteiger partial charge in [0.25, 0.3) is 11.6 Å². The minimum absolute atomic E-state index is 0.175. The fourth-order valence-electron chi connectivity index (χ4n) is 5.22. The van der Waals surface area contributed by atoms with Crippen molar-refractivity contribution in [2.24, 2.45) is 5.92 Å². The van der Waals surface area contributed by atoms with Crippen molar-refractivity contribution in [3.8, 4) is 23.0 Å². The average molecular weight is 564 g/mol. The molecular weight excluding hydrogens is 534 g/mol. The standard InChI is InChI=1S/C29H29N3O9/c1-5-15-40-20-11-9-17(10-12-20)30-28(33)23-24(21-13-14-22(37-2)26(39-4)25(21)38-3)31(41-27(23)29(30)34)18-7-6-8-19(16-18)32(35)36/h6-14,16,23-24,27H,5,15H2,1-4H3/t23-,24+,27-/m0/s1. The van der Waals surface area contributed by atoms with E-state index < -0.39 is 34.8 Å². The van der Waals surface area contributed by atoms with Crippen LogP contribution in [0.1, 0.15) is 24.9 Å². The first kappa shape index (κ1) is 27.7. The Morgan fingerprint density at radius 2 is 1.63 bits per heavy atom. The van der Waals surface area contributed by atoms with Gasteiger partial charge in [0.1, 0.15) is 17.7 Å². The Morgan fingerprint density at radius 1 is 0.902 bits per heavy atom. The number of hydrogen-bond donors (Lipinski definition) is 0. The van der Waals surface area contributed by atoms with E-state index in [2.05, 4.69) is 0 Å². The van der Waals surface area contributed by atoms with E-state index in [0.717, 1.165) is 11.3 Å². The lowest BCUT2D eigenvalue weighted by molar-refractivity contribution is -0.384. The zero-order valence-electron chi connectivity index (χ0n) is 22.9. The molecule has 0 spiro atoms. The van der Waals surface area contributed by atoms with Gasteiger partial charge in [0.05, 0.1) is 44.2 Å². The molecule has 3 aromatic rings. The number of anilines is 2. The molecule has 0 radical (unpaired) electrons. The minimum atomic E-state index is -1.19. The van der Waals surface area contributed by atoms with E-state index in [1.54, 1.807) is 42.5 Å². The van der Waals surface area contributed by atoms with Crippen LogP contribution in [0.4, 0.5) is 17.1 Å². The first-order valence-corrected chi connectivity index (χ1v) is 12.9. The molecule has 2 amide bonds. The molecule has 0 N–H and O–H groups in total. The fraction of sp³-hybridized carbons (Fsp3) is 0.310. The van der Waals surface area contributed by atoms with Gasteiger partial charge in [-0.25, -0.2) is 9.96 Å². The summed E-state index contributed by atoms with van der Waals surface area (Å²) in [5.74, 6) is -0.484. The molecule has 214 valence electrons. The van der Waals surface area contributed by atoms with Gasteiger partial charge in [-0.05, 0) is 48.9 Å². The Kier molecular flexibility index (Phi) is 7.66. The van der Waals surface area contributed by atoms with E-state index in [1.165, 1.54) is 44.6 Å². The van der Waals surface area contributed by atoms with Gasteiger partial charge in [0.2, 0.25) is 11.7 Å². The van der Waals surface area contributed by atoms with Crippen LogP contribution in [0.25, 0.3) is 0 Å². The van der Waals surface area contributed by atoms with Gasteiger partial charge in [0, 0.05) is 17.7 Å². The van der Waals surface area contributed by atoms with Crippen LogP contribution in [0.2, 0.25) is 0 Å². The molecule has 0 aromatic heterocycles. The monoisotopic (exact) mass is 563 g/mol. The SMILES string of the molecule is CCCOc1ccc(N2C(=O)[C@@H]3[C@H](ON(c4cccc([N+](=O)[O-])c4)[C@@H]3c3ccc(OC)c(OC)c3OC)C2=O)cc1. The van der Waals surface area contributed by atoms with Gasteiger partial charge in [0.15, 0.2) is 17.6 Å². The zero-order chi connectivity index (χ0) is 29.3. The first-order valence-electron chi connectivity index (χ1n) is 12.9. The maximum atomic E-state index is 14.0. The van der Waals surface area contributed by atoms with Crippen LogP contribution in [0.5, 0.6) is 23.0 Å². The van der Waals surface area contributed by atoms with Gasteiger partial charge in [-0.15, -0.1) is 0 Å². The third-order valence-electron chi connectivity index (χ3n) is 7.03. The summed E-state index contributed by atoms with van der Waals surface area (Å²) < 4.78 is 22.3. The summed E-state index contributed by atoms with van der Waals surface area (Å²) in [4.78, 5) is 46.0. The second-order valence-electron chi connectivity index (χ2n) is 9.38. The number of benzene rings is 3. The Bertz CT molecular complexity index is 1480. The molecule has 0 bridgehead atoms. The predicted molar refractivity (Wildman–Crippen MR) is 147 cm³/mol. The summed E-state index contributed by atoms with van der Waals surface area (Å²) in [5, 5.41) is 12.9. The Balaban J connectivity index is 1.61. The summed E-state index contributed by atoms with van der Waals surface area (Å²) in [7, 11) is 4.38. The lowest BCUT2D eigenvalue weighted by Gasteiger charge is -2.30. The van der Waals surface area contributed by atoms with E-state index in [1.807, 2.05) is 6.92 Å². The lowest BCUT2D eigenvalue weighted by Crippen LogP contribution is -2.37. The maximum absolute atomic E-state index is 14.0. The van der Waals surface area contributed by atoms with E-state index in [0.29, 0.717) is 35.0 Å². The van der Waals surface area contributed by atoms with E-state index in [-0.39, 0.29) is 17.2 Å². The summed E-state index contributed by atoms with van der Waals surface area (Å²) in [5.41, 5.74) is 0.961. The number of hydrogen-bond acceptors (Lipinski definition) is 10. The average Bonchev–Trinajstić information content (AvgIpc) is 3.50. The number of imide groups is 1. The Morgan fingerprint density at radius 3 is 2.27 bits per heavy atom. The highest BCUT2D eigenvalue weighted by Crippen LogP contribution is 2.53. The molecule has 5 rings (SSSR count). The lowest BCUT2D eigenvalue weighted by atomic mass is 9.89. The van der Waals surface area contributed by atoms with Crippen molar-refractivity contribution in [2.45, 2.75) is 25.5 Å². The molecule has 2 aliphatic heterocycles. The molecule has 2 fully saturated rings. The molecule has 0 unspecified atom stereocenters. The topological polar surface area (TPSA) is 130 Å². The molecule has 12 nitrogen and oxygen atoms in total. The van der Waals surface area contributed by atoms with Crippen LogP contribution in [-0.2, 0) is 14.4 Å². The van der Waals surface area contributed by atoms with Crippen LogP contribution < -0.4 is 28.9 Å². The number of non-ortho nitro benzene ring substituents is 1. The summed E-state index contributed by atoms with van der Waals surface area (Å²) >= 11 is 0. The van der Waals surface area contributed by atoms with Gasteiger partial charge >= 0.3 is 0 Å². The molecular formula is C29H29N3O9. The van der Waals surface area contributed by atoms with Crippen molar-refractivity contribution in [3.05, 3.63) is 76.3 Å². The molecule has 2 aliphatic rings. The number of nitrogens with zero attached hydrogens (tertiary/aromatic N) is 3. The highest BCUT2D eigenvalue weighted by molar-refractivity contribution is 6.24. The van der Waals surface area contributed by atoms with Crippen molar-refractivity contribution in [1.29, 1.82) is 0 Å². The molecule has 0 aliphatic carbocycles. The van der Waals surface area contributed by atoms with Crippen molar-refractivity contribution >= 4 is 28.9 Å². The zero-order valence-corrected chi connectivity index (χ0v) is 22.9. The number of nitro benzene ring substituents is 1. The van der Waals surface area contributed by atoms with E-state index in [4.69, 9.17) is 23.8 Å². The first-order chi connectivity index (χ1) is 19.8. The third kappa shape index (κ3) is 4.76. The highest BCUT2D eigenvalue weighted by Gasteiger charge is 2.61. The molecule has 3 aromatic carbocycles. The number of amides is 2. The number of carbonyl (C=O) groups excluding carboxylic acids is 2. The van der Waals surface area contributed by atoms with Crippen molar-refractivity contribution in [2.75, 3.05) is 37.9 Å². The Hall–Kier alpha value is -4.84. The molecule has 12 heteroatoms. The van der Waals surface area contributed by atoms with Gasteiger partial charge in [-0.1, -0.05) is 13.0 Å². The summed E-state index contributed by atoms with van der Waals surface area (Å²) in [6, 6.07) is 14.9. The molecule has 0 saturated carbocycles. The summed E-state index contributed by atoms with van der Waals surface area (Å²) in [6.07, 6.45) is -0.353. The van der Waals surface area contributed by atoms with Gasteiger partial charge < -0.3 is 18.9 Å². The number of nitro groups is 1. The number of carbonyl (C=O) groups is 2. The van der Waals surface area contributed by atoms with Gasteiger partial charge in [-0.2, -0.15) is 0 Å². The number of rotatable bonds is 10. The second kappa shape index (κ2) is 11.3. The van der Waals surface area contributed by atoms with E-state index in [9.17, 15) is 19.7 Å². The van der Waals surface area contributed by atoms with Crippen molar-refractivity contribution < 1.29 is 38.3 Å². The molecule has 2 saturated heterocycles. The van der Waals surface area contributed by atoms with Crippen LogP contribution in [0, 0.1) is 16.0 Å². The number of hydroxylamine groups is 1. The highest BCUT2D eigenvalue weighted by atomic mass is 16.7. The van der Waals surface area contributed by atoms with Crippen molar-refractivity contribution in [1.82, 2.24) is 0 Å². The molecule has 2 heterocycles. The second-order valence-corrected chi connectivity index (χ2v) is 9.38. The van der Waals surface area contributed by atoms with Crippen LogP contribution >= 0.6 is 0 Å². The number of fused-ring (bicyclic) bond motifs is 1. The van der Waals surface area contributed by atoms with Crippen LogP contribution in [-0.4, -0.2) is 50.8 Å². The predicted octanol–water partition coefficient (Wildman–Crippen LogP) is 4.46. The summed E-state index contributed by atoms with van der Waals surface area (Å²) in [6.45, 7) is 2.54. The molecule has 41 heavy (non-hydrogen) atoms. The largest absolute Gasteiger partial charge is 0.494 e. The maximum Gasteiger partial charge on any atom is 0.271 e. The number of methoxy groups -OCH3 is 3. The number of ether oxygens (including phenoxy) is 4. The normalized spacial score (nSPS) is 19.8. The molecule has 3 atom stereocenters. The fourth-order valence-corrected chi connectivity index (χ4v) is 5.22. The minimum Gasteiger partial charge on any atom is -0.494 e. The van der Waals surface area contributed by atoms with Crippen molar-refractivity contribution in [3.63, 3.8) is 0 Å². The van der Waals surface area contributed by atoms with E-state index >= 15 is 0 Å². The smallest absolute Gasteiger partial charge is 0.271 e. The third-order valence-corrected chi connectivity index (χ3v) is 7.03.